The molecule has 2 atom stereocenters. The van der Waals surface area contributed by atoms with Crippen molar-refractivity contribution >= 4 is 17.9 Å². The normalized spacial score (nSPS) is 13.5. The molecule has 0 spiro atoms. The molecular formula is C45H80NO7+. The van der Waals surface area contributed by atoms with E-state index in [9.17, 15) is 19.5 Å². The van der Waals surface area contributed by atoms with Gasteiger partial charge in [-0.15, -0.1) is 0 Å². The van der Waals surface area contributed by atoms with Crippen LogP contribution < -0.4 is 0 Å². The Hall–Kier alpha value is -2.71. The fourth-order valence-corrected chi connectivity index (χ4v) is 5.88. The molecular weight excluding hydrogens is 666 g/mol. The minimum atomic E-state index is -0.882. The van der Waals surface area contributed by atoms with Crippen molar-refractivity contribution in [1.29, 1.82) is 0 Å². The zero-order chi connectivity index (χ0) is 39.3. The summed E-state index contributed by atoms with van der Waals surface area (Å²) in [5.41, 5.74) is 0. The van der Waals surface area contributed by atoms with E-state index in [2.05, 4.69) is 56.4 Å². The number of allylic oxidation sites excluding steroid dienone is 8. The van der Waals surface area contributed by atoms with Gasteiger partial charge in [0.2, 0.25) is 0 Å². The maximum atomic E-state index is 12.7. The van der Waals surface area contributed by atoms with Crippen LogP contribution in [0.2, 0.25) is 0 Å². The minimum absolute atomic E-state index is 0.0465. The summed E-state index contributed by atoms with van der Waals surface area (Å²) >= 11 is 0. The number of carboxylic acids is 1. The van der Waals surface area contributed by atoms with E-state index in [-0.39, 0.29) is 42.7 Å². The van der Waals surface area contributed by atoms with Crippen LogP contribution in [0.3, 0.4) is 0 Å². The first-order valence-electron chi connectivity index (χ1n) is 21.2. The predicted octanol–water partition coefficient (Wildman–Crippen LogP) is 11.2. The van der Waals surface area contributed by atoms with Gasteiger partial charge in [0.05, 0.1) is 34.4 Å². The lowest BCUT2D eigenvalue weighted by Crippen LogP contribution is -2.50. The Morgan fingerprint density at radius 3 is 1.57 bits per heavy atom. The maximum absolute atomic E-state index is 12.7. The van der Waals surface area contributed by atoms with Crippen molar-refractivity contribution in [3.8, 4) is 0 Å². The van der Waals surface area contributed by atoms with E-state index in [1.54, 1.807) is 0 Å². The van der Waals surface area contributed by atoms with Crippen molar-refractivity contribution in [2.24, 2.45) is 0 Å². The molecule has 0 bridgehead atoms. The van der Waals surface area contributed by atoms with E-state index < -0.39 is 18.1 Å². The topological polar surface area (TPSA) is 99.1 Å². The zero-order valence-corrected chi connectivity index (χ0v) is 34.7. The van der Waals surface area contributed by atoms with Gasteiger partial charge in [-0.3, -0.25) is 9.59 Å². The number of unbranched alkanes of at least 4 members (excludes halogenated alkanes) is 15. The molecule has 0 saturated heterocycles. The molecule has 0 aliphatic carbocycles. The highest BCUT2D eigenvalue weighted by Crippen LogP contribution is 2.13. The fourth-order valence-electron chi connectivity index (χ4n) is 5.88. The van der Waals surface area contributed by atoms with Crippen LogP contribution in [-0.4, -0.2) is 80.6 Å². The van der Waals surface area contributed by atoms with Crippen LogP contribution in [0.5, 0.6) is 0 Å². The van der Waals surface area contributed by atoms with Gasteiger partial charge >= 0.3 is 17.9 Å². The number of likely N-dealkylation sites (N-methyl/N-ethyl adjacent to an activating group) is 1. The van der Waals surface area contributed by atoms with Crippen LogP contribution in [0.15, 0.2) is 48.6 Å². The van der Waals surface area contributed by atoms with Gasteiger partial charge in [0.1, 0.15) is 6.61 Å². The van der Waals surface area contributed by atoms with Gasteiger partial charge in [0.25, 0.3) is 0 Å². The van der Waals surface area contributed by atoms with Crippen molar-refractivity contribution in [2.75, 3.05) is 41.0 Å². The van der Waals surface area contributed by atoms with Gasteiger partial charge in [-0.1, -0.05) is 133 Å². The maximum Gasteiger partial charge on any atom is 0.362 e. The Bertz CT molecular complexity index is 1010. The Kier molecular flexibility index (Phi) is 34.4. The summed E-state index contributed by atoms with van der Waals surface area (Å²) in [6.45, 7) is 4.59. The monoisotopic (exact) mass is 747 g/mol. The van der Waals surface area contributed by atoms with Crippen molar-refractivity contribution in [1.82, 2.24) is 0 Å². The molecule has 0 aliphatic heterocycles. The first kappa shape index (κ1) is 50.3. The number of hydrogen-bond donors (Lipinski definition) is 1. The highest BCUT2D eigenvalue weighted by Gasteiger charge is 2.31. The van der Waals surface area contributed by atoms with Crippen molar-refractivity contribution in [3.05, 3.63) is 48.6 Å². The third kappa shape index (κ3) is 34.8. The molecule has 306 valence electrons. The van der Waals surface area contributed by atoms with E-state index in [0.29, 0.717) is 19.3 Å². The van der Waals surface area contributed by atoms with Crippen molar-refractivity contribution in [3.63, 3.8) is 0 Å². The number of nitrogens with zero attached hydrogens (tertiary/aromatic N) is 1. The van der Waals surface area contributed by atoms with Gasteiger partial charge in [0, 0.05) is 19.3 Å². The second-order valence-corrected chi connectivity index (χ2v) is 15.2. The third-order valence-corrected chi connectivity index (χ3v) is 9.21. The van der Waals surface area contributed by atoms with Gasteiger partial charge < -0.3 is 23.8 Å². The lowest BCUT2D eigenvalue weighted by Gasteiger charge is -2.31. The van der Waals surface area contributed by atoms with Crippen LogP contribution >= 0.6 is 0 Å². The first-order valence-corrected chi connectivity index (χ1v) is 21.2. The molecule has 53 heavy (non-hydrogen) atoms. The quantitative estimate of drug-likeness (QED) is 0.0292. The largest absolute Gasteiger partial charge is 0.477 e. The van der Waals surface area contributed by atoms with Crippen LogP contribution in [0, 0.1) is 0 Å². The summed E-state index contributed by atoms with van der Waals surface area (Å²) in [4.78, 5) is 36.7. The zero-order valence-electron chi connectivity index (χ0n) is 34.7. The summed E-state index contributed by atoms with van der Waals surface area (Å²) in [6, 6.07) is -0.619. The summed E-state index contributed by atoms with van der Waals surface area (Å²) in [6.07, 6.45) is 41.8. The number of rotatable bonds is 37. The van der Waals surface area contributed by atoms with E-state index >= 15 is 0 Å². The Morgan fingerprint density at radius 2 is 1.04 bits per heavy atom. The summed E-state index contributed by atoms with van der Waals surface area (Å²) in [7, 11) is 5.50. The number of carbonyl (C=O) groups is 3. The molecule has 0 saturated carbocycles. The molecule has 0 aliphatic rings. The Labute approximate surface area is 325 Å². The average Bonchev–Trinajstić information content (AvgIpc) is 3.11. The number of ether oxygens (including phenoxy) is 3. The molecule has 0 radical (unpaired) electrons. The highest BCUT2D eigenvalue weighted by atomic mass is 16.6. The lowest BCUT2D eigenvalue weighted by atomic mass is 10.1. The fraction of sp³-hybridized carbons (Fsp3) is 0.756. The van der Waals surface area contributed by atoms with Gasteiger partial charge in [-0.25, -0.2) is 4.79 Å². The molecule has 0 rings (SSSR count). The van der Waals surface area contributed by atoms with Crippen LogP contribution in [0.1, 0.15) is 168 Å². The van der Waals surface area contributed by atoms with Gasteiger partial charge in [-0.2, -0.15) is 0 Å². The second-order valence-electron chi connectivity index (χ2n) is 15.2. The van der Waals surface area contributed by atoms with E-state index in [1.165, 1.54) is 77.0 Å². The molecule has 0 aromatic carbocycles. The second kappa shape index (κ2) is 36.3. The average molecular weight is 747 g/mol. The molecule has 8 nitrogen and oxygen atoms in total. The summed E-state index contributed by atoms with van der Waals surface area (Å²) in [5.74, 6) is -1.55. The number of hydrogen-bond acceptors (Lipinski definition) is 6. The smallest absolute Gasteiger partial charge is 0.362 e. The third-order valence-electron chi connectivity index (χ3n) is 9.21. The number of aliphatic carboxylic acids is 1. The molecule has 0 amide bonds. The van der Waals surface area contributed by atoms with E-state index in [0.717, 1.165) is 51.4 Å². The van der Waals surface area contributed by atoms with Crippen LogP contribution in [0.25, 0.3) is 0 Å². The predicted molar refractivity (Wildman–Crippen MR) is 220 cm³/mol. The molecule has 1 N–H and O–H groups in total. The lowest BCUT2D eigenvalue weighted by molar-refractivity contribution is -0.887. The Balaban J connectivity index is 4.24. The highest BCUT2D eigenvalue weighted by molar-refractivity contribution is 5.72. The number of esters is 2. The first-order chi connectivity index (χ1) is 25.6. The number of carboxylic acid groups (broad SMARTS) is 1. The van der Waals surface area contributed by atoms with Gasteiger partial charge in [0.15, 0.2) is 12.1 Å². The van der Waals surface area contributed by atoms with Gasteiger partial charge in [-0.05, 0) is 64.2 Å². The van der Waals surface area contributed by atoms with Crippen molar-refractivity contribution < 1.29 is 38.2 Å². The van der Waals surface area contributed by atoms with E-state index in [1.807, 2.05) is 27.2 Å². The summed E-state index contributed by atoms with van der Waals surface area (Å²) in [5, 5.41) is 9.58. The molecule has 0 aromatic heterocycles. The molecule has 8 heteroatoms. The molecule has 2 unspecified atom stereocenters. The Morgan fingerprint density at radius 1 is 0.566 bits per heavy atom. The molecule has 0 heterocycles. The van der Waals surface area contributed by atoms with Crippen molar-refractivity contribution in [2.45, 2.75) is 180 Å². The molecule has 0 fully saturated rings. The van der Waals surface area contributed by atoms with Crippen LogP contribution in [-0.2, 0) is 28.6 Å². The molecule has 0 aromatic rings. The number of quaternary nitrogens is 1. The standard InChI is InChI=1S/C45H79NO7/c1-6-8-10-12-14-15-16-17-18-19-20-21-22-23-24-25-26-27-28-30-32-34-36-44(48)53-41(39-51-38-37-42(45(49)50)46(3,4)5)40-52-43(47)35-33-31-29-13-11-9-7-2/h14-15,17-18,20-21,29,31,41-42H,6-13,16,19,22-28,30,32-40H2,1-5H3/p+1/b15-14+,18-17+,21-20+,31-29+. The SMILES string of the molecule is CCCCC/C=C/C/C=C/C/C=C/CCCCCCCCCCCC(=O)OC(COCCC(C(=O)O)[N+](C)(C)C)COC(=O)CC/C=C/CCCCC. The minimum Gasteiger partial charge on any atom is -0.477 e. The summed E-state index contributed by atoms with van der Waals surface area (Å²) < 4.78 is 17.1. The van der Waals surface area contributed by atoms with Crippen LogP contribution in [0.4, 0.5) is 0 Å². The number of carbonyl (C=O) groups excluding carboxylic acids is 2. The van der Waals surface area contributed by atoms with E-state index in [4.69, 9.17) is 14.2 Å².